The van der Waals surface area contributed by atoms with E-state index in [1.54, 1.807) is 0 Å². The minimum Gasteiger partial charge on any atom is -0.662 e. The summed E-state index contributed by atoms with van der Waals surface area (Å²) in [6, 6.07) is 0. The molecule has 0 saturated carbocycles. The average molecular weight is 240 g/mol. The molecule has 0 aromatic carbocycles. The maximum absolute atomic E-state index is 3.92. The van der Waals surface area contributed by atoms with Crippen LogP contribution < -0.4 is 0 Å². The molecular formula is C3H6NW-. The van der Waals surface area contributed by atoms with Crippen LogP contribution in [0, 0.1) is 0 Å². The summed E-state index contributed by atoms with van der Waals surface area (Å²) < 4.78 is 0. The van der Waals surface area contributed by atoms with Crippen LogP contribution in [0.5, 0.6) is 0 Å². The first-order chi connectivity index (χ1) is 2.00. The minimum atomic E-state index is 0. The van der Waals surface area contributed by atoms with Crippen LogP contribution in [0.15, 0.2) is 0 Å². The summed E-state index contributed by atoms with van der Waals surface area (Å²) >= 11 is 0. The summed E-state index contributed by atoms with van der Waals surface area (Å²) in [7, 11) is 0. The standard InChI is InChI=1S/C3H6N.W/c1-2-4-3-1;/h1-3H2;/q-1;. The van der Waals surface area contributed by atoms with Crippen molar-refractivity contribution in [3.8, 4) is 0 Å². The second-order valence-corrected chi connectivity index (χ2v) is 1.02. The smallest absolute Gasteiger partial charge is 0 e. The van der Waals surface area contributed by atoms with Crippen LogP contribution in [0.2, 0.25) is 0 Å². The molecule has 1 nitrogen and oxygen atoms in total. The molecule has 1 aliphatic rings. The van der Waals surface area contributed by atoms with Gasteiger partial charge in [-0.2, -0.15) is 13.1 Å². The maximum atomic E-state index is 3.92. The fourth-order valence-corrected chi connectivity index (χ4v) is 0.158. The summed E-state index contributed by atoms with van der Waals surface area (Å²) in [4.78, 5) is 0. The van der Waals surface area contributed by atoms with E-state index in [4.69, 9.17) is 0 Å². The van der Waals surface area contributed by atoms with E-state index < -0.39 is 0 Å². The van der Waals surface area contributed by atoms with Gasteiger partial charge >= 0.3 is 0 Å². The molecule has 0 radical (unpaired) electrons. The van der Waals surface area contributed by atoms with Crippen LogP contribution in [0.25, 0.3) is 5.32 Å². The SMILES string of the molecule is C1C[N-]C1.[W]. The van der Waals surface area contributed by atoms with Crippen molar-refractivity contribution in [3.63, 3.8) is 0 Å². The molecule has 0 bridgehead atoms. The molecule has 1 rings (SSSR count). The van der Waals surface area contributed by atoms with E-state index in [1.165, 1.54) is 6.42 Å². The van der Waals surface area contributed by atoms with E-state index in [2.05, 4.69) is 5.32 Å². The van der Waals surface area contributed by atoms with Gasteiger partial charge in [0, 0.05) is 21.1 Å². The van der Waals surface area contributed by atoms with E-state index in [1.807, 2.05) is 0 Å². The zero-order chi connectivity index (χ0) is 2.83. The largest absolute Gasteiger partial charge is 0.662 e. The van der Waals surface area contributed by atoms with Gasteiger partial charge in [0.25, 0.3) is 0 Å². The Labute approximate surface area is 46.4 Å². The Balaban J connectivity index is 0.000000160. The van der Waals surface area contributed by atoms with Crippen molar-refractivity contribution in [2.75, 3.05) is 13.1 Å². The van der Waals surface area contributed by atoms with Crippen LogP contribution in [0.1, 0.15) is 6.42 Å². The van der Waals surface area contributed by atoms with Gasteiger partial charge in [0.05, 0.1) is 0 Å². The number of rotatable bonds is 0. The monoisotopic (exact) mass is 240 g/mol. The first-order valence-corrected chi connectivity index (χ1v) is 1.63. The van der Waals surface area contributed by atoms with Gasteiger partial charge in [-0.3, -0.25) is 0 Å². The van der Waals surface area contributed by atoms with Gasteiger partial charge in [-0.1, -0.05) is 6.42 Å². The molecule has 0 spiro atoms. The fraction of sp³-hybridized carbons (Fsp3) is 1.00. The molecule has 5 heavy (non-hydrogen) atoms. The second-order valence-electron chi connectivity index (χ2n) is 1.02. The van der Waals surface area contributed by atoms with Gasteiger partial charge in [-0.05, 0) is 0 Å². The zero-order valence-corrected chi connectivity index (χ0v) is 5.91. The van der Waals surface area contributed by atoms with E-state index in [9.17, 15) is 0 Å². The van der Waals surface area contributed by atoms with Gasteiger partial charge in [-0.25, -0.2) is 0 Å². The molecule has 0 aromatic heterocycles. The van der Waals surface area contributed by atoms with Gasteiger partial charge in [-0.15, -0.1) is 0 Å². The topological polar surface area (TPSA) is 14.1 Å². The Morgan fingerprint density at radius 1 is 1.20 bits per heavy atom. The van der Waals surface area contributed by atoms with Crippen LogP contribution in [0.3, 0.4) is 0 Å². The maximum Gasteiger partial charge on any atom is 0 e. The summed E-state index contributed by atoms with van der Waals surface area (Å²) in [5.41, 5.74) is 0. The average Bonchev–Trinajstić information content (AvgIpc) is 0.722. The molecule has 1 aliphatic heterocycles. The molecule has 1 heterocycles. The van der Waals surface area contributed by atoms with Crippen LogP contribution in [-0.2, 0) is 21.1 Å². The predicted molar refractivity (Wildman–Crippen MR) is 17.7 cm³/mol. The summed E-state index contributed by atoms with van der Waals surface area (Å²) in [6.45, 7) is 2.25. The molecule has 0 aliphatic carbocycles. The third kappa shape index (κ3) is 1.51. The first kappa shape index (κ1) is 5.65. The summed E-state index contributed by atoms with van der Waals surface area (Å²) in [5.74, 6) is 0. The Morgan fingerprint density at radius 2 is 1.40 bits per heavy atom. The Hall–Kier alpha value is 0.648. The first-order valence-electron chi connectivity index (χ1n) is 1.63. The van der Waals surface area contributed by atoms with Crippen molar-refractivity contribution in [2.24, 2.45) is 0 Å². The summed E-state index contributed by atoms with van der Waals surface area (Å²) in [6.07, 6.45) is 1.33. The third-order valence-electron chi connectivity index (χ3n) is 0.632. The van der Waals surface area contributed by atoms with Gasteiger partial charge < -0.3 is 5.32 Å². The van der Waals surface area contributed by atoms with Crippen LogP contribution in [0.4, 0.5) is 0 Å². The number of hydrogen-bond donors (Lipinski definition) is 0. The van der Waals surface area contributed by atoms with Crippen molar-refractivity contribution in [3.05, 3.63) is 5.32 Å². The van der Waals surface area contributed by atoms with Crippen molar-refractivity contribution >= 4 is 0 Å². The molecule has 2 heteroatoms. The molecule has 1 saturated heterocycles. The number of nitrogens with zero attached hydrogens (tertiary/aromatic N) is 1. The van der Waals surface area contributed by atoms with Crippen LogP contribution in [-0.4, -0.2) is 13.1 Å². The molecule has 0 unspecified atom stereocenters. The minimum absolute atomic E-state index is 0. The van der Waals surface area contributed by atoms with Gasteiger partial charge in [0.15, 0.2) is 0 Å². The normalized spacial score (nSPS) is 19.2. The van der Waals surface area contributed by atoms with Crippen molar-refractivity contribution in [1.82, 2.24) is 0 Å². The Morgan fingerprint density at radius 3 is 1.40 bits per heavy atom. The molecule has 0 amide bonds. The fourth-order valence-electron chi connectivity index (χ4n) is 0.158. The van der Waals surface area contributed by atoms with E-state index in [-0.39, 0.29) is 21.1 Å². The van der Waals surface area contributed by atoms with E-state index >= 15 is 0 Å². The molecule has 30 valence electrons. The number of hydrogen-bond acceptors (Lipinski definition) is 0. The molecule has 1 fully saturated rings. The van der Waals surface area contributed by atoms with Crippen molar-refractivity contribution < 1.29 is 21.1 Å². The zero-order valence-electron chi connectivity index (χ0n) is 2.98. The predicted octanol–water partition coefficient (Wildman–Crippen LogP) is 0.761. The quantitative estimate of drug-likeness (QED) is 0.593. The molecule has 0 aromatic rings. The Kier molecular flexibility index (Phi) is 3.23. The Bertz CT molecular complexity index is 14.9. The van der Waals surface area contributed by atoms with Crippen molar-refractivity contribution in [1.29, 1.82) is 0 Å². The van der Waals surface area contributed by atoms with Gasteiger partial charge in [0.1, 0.15) is 0 Å². The van der Waals surface area contributed by atoms with E-state index in [0.29, 0.717) is 0 Å². The second kappa shape index (κ2) is 2.86. The summed E-state index contributed by atoms with van der Waals surface area (Å²) in [5, 5.41) is 3.92. The molecule has 0 atom stereocenters. The van der Waals surface area contributed by atoms with Crippen molar-refractivity contribution in [2.45, 2.75) is 6.42 Å². The van der Waals surface area contributed by atoms with E-state index in [0.717, 1.165) is 13.1 Å². The van der Waals surface area contributed by atoms with Gasteiger partial charge in [0.2, 0.25) is 0 Å². The molecule has 0 N–H and O–H groups in total. The third-order valence-corrected chi connectivity index (χ3v) is 0.632. The van der Waals surface area contributed by atoms with Crippen LogP contribution >= 0.6 is 0 Å². The molecular weight excluding hydrogens is 234 g/mol.